The van der Waals surface area contributed by atoms with Crippen molar-refractivity contribution >= 4 is 6.20 Å². The minimum Gasteiger partial charge on any atom is -0.393 e. The van der Waals surface area contributed by atoms with Crippen molar-refractivity contribution in [2.75, 3.05) is 0 Å². The predicted octanol–water partition coefficient (Wildman–Crippen LogP) is 0.907. The Morgan fingerprint density at radius 3 is 3.09 bits per heavy atom. The third-order valence-corrected chi connectivity index (χ3v) is 1.37. The lowest BCUT2D eigenvalue weighted by molar-refractivity contribution is 0.195. The van der Waals surface area contributed by atoms with Crippen molar-refractivity contribution in [1.29, 1.82) is 0 Å². The predicted molar refractivity (Wildman–Crippen MR) is 44.0 cm³/mol. The van der Waals surface area contributed by atoms with E-state index in [4.69, 9.17) is 5.11 Å². The minimum atomic E-state index is -0.308. The monoisotopic (exact) mass is 152 g/mol. The molecule has 1 aromatic rings. The van der Waals surface area contributed by atoms with E-state index in [1.807, 2.05) is 6.20 Å². The van der Waals surface area contributed by atoms with Gasteiger partial charge >= 0.3 is 0 Å². The average Bonchev–Trinajstić information content (AvgIpc) is 2.34. The molecule has 0 saturated heterocycles. The third-order valence-electron chi connectivity index (χ3n) is 1.37. The minimum absolute atomic E-state index is 0.308. The standard InChI is InChI=1S/C8H12N2O/c1-3-10-6-8(5-9-10)4-7(2)11/h3,5-7,11H,1,4H2,2H3. The number of aliphatic hydroxyl groups excluding tert-OH is 1. The maximum Gasteiger partial charge on any atom is 0.0553 e. The van der Waals surface area contributed by atoms with Crippen LogP contribution < -0.4 is 0 Å². The molecule has 3 nitrogen and oxygen atoms in total. The molecule has 0 aromatic carbocycles. The molecular formula is C8H12N2O. The molecule has 11 heavy (non-hydrogen) atoms. The van der Waals surface area contributed by atoms with E-state index in [0.29, 0.717) is 6.42 Å². The normalized spacial score (nSPS) is 12.9. The number of aliphatic hydroxyl groups is 1. The molecule has 1 rings (SSSR count). The molecule has 0 bridgehead atoms. The van der Waals surface area contributed by atoms with E-state index >= 15 is 0 Å². The second-order valence-corrected chi connectivity index (χ2v) is 2.56. The van der Waals surface area contributed by atoms with Gasteiger partial charge in [-0.1, -0.05) is 6.58 Å². The number of hydrogen-bond donors (Lipinski definition) is 1. The quantitative estimate of drug-likeness (QED) is 0.699. The molecular weight excluding hydrogens is 140 g/mol. The molecule has 0 aliphatic rings. The zero-order chi connectivity index (χ0) is 8.27. The van der Waals surface area contributed by atoms with Crippen molar-refractivity contribution in [3.05, 3.63) is 24.5 Å². The van der Waals surface area contributed by atoms with Crippen LogP contribution in [0.2, 0.25) is 0 Å². The molecule has 3 heteroatoms. The molecule has 0 aliphatic carbocycles. The van der Waals surface area contributed by atoms with Gasteiger partial charge in [-0.15, -0.1) is 0 Å². The number of nitrogens with zero attached hydrogens (tertiary/aromatic N) is 2. The fraction of sp³-hybridized carbons (Fsp3) is 0.375. The van der Waals surface area contributed by atoms with E-state index in [1.165, 1.54) is 0 Å². The second-order valence-electron chi connectivity index (χ2n) is 2.56. The largest absolute Gasteiger partial charge is 0.393 e. The van der Waals surface area contributed by atoms with Gasteiger partial charge in [-0.25, -0.2) is 4.68 Å². The van der Waals surface area contributed by atoms with Gasteiger partial charge < -0.3 is 5.11 Å². The van der Waals surface area contributed by atoms with Crippen LogP contribution in [0.1, 0.15) is 12.5 Å². The molecule has 0 aliphatic heterocycles. The molecule has 0 fully saturated rings. The van der Waals surface area contributed by atoms with Crippen molar-refractivity contribution in [3.63, 3.8) is 0 Å². The Morgan fingerprint density at radius 2 is 2.64 bits per heavy atom. The summed E-state index contributed by atoms with van der Waals surface area (Å²) in [5.74, 6) is 0. The Balaban J connectivity index is 2.65. The molecule has 0 saturated carbocycles. The van der Waals surface area contributed by atoms with Gasteiger partial charge in [-0.2, -0.15) is 5.10 Å². The highest BCUT2D eigenvalue weighted by molar-refractivity contribution is 5.17. The average molecular weight is 152 g/mol. The molecule has 0 spiro atoms. The van der Waals surface area contributed by atoms with Crippen molar-refractivity contribution in [3.8, 4) is 0 Å². The van der Waals surface area contributed by atoms with Crippen molar-refractivity contribution in [2.24, 2.45) is 0 Å². The van der Waals surface area contributed by atoms with Crippen LogP contribution in [0.25, 0.3) is 6.20 Å². The summed E-state index contributed by atoms with van der Waals surface area (Å²) in [5.41, 5.74) is 1.03. The van der Waals surface area contributed by atoms with E-state index in [1.54, 1.807) is 24.0 Å². The van der Waals surface area contributed by atoms with E-state index in [-0.39, 0.29) is 6.10 Å². The molecule has 1 N–H and O–H groups in total. The van der Waals surface area contributed by atoms with Crippen molar-refractivity contribution in [1.82, 2.24) is 9.78 Å². The highest BCUT2D eigenvalue weighted by atomic mass is 16.3. The van der Waals surface area contributed by atoms with Gasteiger partial charge in [0.25, 0.3) is 0 Å². The van der Waals surface area contributed by atoms with Crippen LogP contribution in [0, 0.1) is 0 Å². The first kappa shape index (κ1) is 8.01. The van der Waals surface area contributed by atoms with Gasteiger partial charge in [0.2, 0.25) is 0 Å². The summed E-state index contributed by atoms with van der Waals surface area (Å²) in [4.78, 5) is 0. The highest BCUT2D eigenvalue weighted by Gasteiger charge is 2.00. The van der Waals surface area contributed by atoms with Gasteiger partial charge in [0.15, 0.2) is 0 Å². The van der Waals surface area contributed by atoms with Gasteiger partial charge in [0, 0.05) is 18.8 Å². The molecule has 0 radical (unpaired) electrons. The Hall–Kier alpha value is -1.09. The molecule has 0 amide bonds. The van der Waals surface area contributed by atoms with Crippen LogP contribution in [-0.4, -0.2) is 21.0 Å². The number of aromatic nitrogens is 2. The van der Waals surface area contributed by atoms with Gasteiger partial charge in [0.05, 0.1) is 12.3 Å². The highest BCUT2D eigenvalue weighted by Crippen LogP contribution is 2.01. The molecule has 1 heterocycles. The summed E-state index contributed by atoms with van der Waals surface area (Å²) < 4.78 is 1.62. The van der Waals surface area contributed by atoms with Crippen LogP contribution in [-0.2, 0) is 6.42 Å². The van der Waals surface area contributed by atoms with E-state index < -0.39 is 0 Å². The lowest BCUT2D eigenvalue weighted by Gasteiger charge is -1.98. The molecule has 1 aromatic heterocycles. The van der Waals surface area contributed by atoms with Crippen LogP contribution >= 0.6 is 0 Å². The second kappa shape index (κ2) is 3.34. The van der Waals surface area contributed by atoms with E-state index in [0.717, 1.165) is 5.56 Å². The maximum atomic E-state index is 9.02. The van der Waals surface area contributed by atoms with Crippen LogP contribution in [0.15, 0.2) is 19.0 Å². The maximum absolute atomic E-state index is 9.02. The summed E-state index contributed by atoms with van der Waals surface area (Å²) in [7, 11) is 0. The van der Waals surface area contributed by atoms with Crippen molar-refractivity contribution in [2.45, 2.75) is 19.4 Å². The van der Waals surface area contributed by atoms with E-state index in [9.17, 15) is 0 Å². The lowest BCUT2D eigenvalue weighted by atomic mass is 10.2. The Labute approximate surface area is 66.0 Å². The van der Waals surface area contributed by atoms with Crippen LogP contribution in [0.4, 0.5) is 0 Å². The zero-order valence-corrected chi connectivity index (χ0v) is 6.57. The first-order valence-electron chi connectivity index (χ1n) is 3.56. The molecule has 60 valence electrons. The summed E-state index contributed by atoms with van der Waals surface area (Å²) in [5, 5.41) is 13.0. The number of rotatable bonds is 3. The first-order chi connectivity index (χ1) is 5.22. The molecule has 1 atom stereocenters. The number of hydrogen-bond acceptors (Lipinski definition) is 2. The van der Waals surface area contributed by atoms with Gasteiger partial charge in [-0.3, -0.25) is 0 Å². The van der Waals surface area contributed by atoms with Crippen molar-refractivity contribution < 1.29 is 5.11 Å². The fourth-order valence-corrected chi connectivity index (χ4v) is 0.924. The Kier molecular flexibility index (Phi) is 2.44. The van der Waals surface area contributed by atoms with Crippen LogP contribution in [0.5, 0.6) is 0 Å². The lowest BCUT2D eigenvalue weighted by Crippen LogP contribution is -2.02. The summed E-state index contributed by atoms with van der Waals surface area (Å²) in [6.45, 7) is 5.32. The topological polar surface area (TPSA) is 38.0 Å². The summed E-state index contributed by atoms with van der Waals surface area (Å²) >= 11 is 0. The smallest absolute Gasteiger partial charge is 0.0553 e. The first-order valence-corrected chi connectivity index (χ1v) is 3.56. The van der Waals surface area contributed by atoms with Gasteiger partial charge in [0.1, 0.15) is 0 Å². The van der Waals surface area contributed by atoms with Gasteiger partial charge in [-0.05, 0) is 12.5 Å². The Morgan fingerprint density at radius 1 is 1.91 bits per heavy atom. The third kappa shape index (κ3) is 2.20. The SMILES string of the molecule is C=Cn1cc(CC(C)O)cn1. The fourth-order valence-electron chi connectivity index (χ4n) is 0.924. The Bertz CT molecular complexity index is 240. The zero-order valence-electron chi connectivity index (χ0n) is 6.57. The molecule has 1 unspecified atom stereocenters. The van der Waals surface area contributed by atoms with E-state index in [2.05, 4.69) is 11.7 Å². The summed E-state index contributed by atoms with van der Waals surface area (Å²) in [6, 6.07) is 0. The van der Waals surface area contributed by atoms with Crippen LogP contribution in [0.3, 0.4) is 0 Å². The summed E-state index contributed by atoms with van der Waals surface area (Å²) in [6.07, 6.45) is 5.53.